The fraction of sp³-hybridized carbons (Fsp3) is 0.188. The highest BCUT2D eigenvalue weighted by Gasteiger charge is 2.17. The van der Waals surface area contributed by atoms with Gasteiger partial charge in [0.1, 0.15) is 18.0 Å². The molecule has 102 valence electrons. The van der Waals surface area contributed by atoms with E-state index >= 15 is 0 Å². The zero-order chi connectivity index (χ0) is 14.8. The number of nitrogens with zero attached hydrogens (tertiary/aromatic N) is 3. The van der Waals surface area contributed by atoms with Crippen LogP contribution in [0, 0.1) is 22.7 Å². The van der Waals surface area contributed by atoms with Crippen LogP contribution in [0.5, 0.6) is 0 Å². The van der Waals surface area contributed by atoms with Gasteiger partial charge in [-0.3, -0.25) is 0 Å². The normalized spacial score (nSPS) is 12.3. The minimum atomic E-state index is 0.464. The minimum absolute atomic E-state index is 0.464. The van der Waals surface area contributed by atoms with E-state index in [9.17, 15) is 5.26 Å². The highest BCUT2D eigenvalue weighted by atomic mass is 35.5. The minimum Gasteiger partial charge on any atom is -0.338 e. The molecule has 1 aromatic carbocycles. The lowest BCUT2D eigenvalue weighted by Gasteiger charge is -2.11. The van der Waals surface area contributed by atoms with Crippen LogP contribution in [0.25, 0.3) is 0 Å². The molecular formula is C16H11ClN4. The molecule has 0 unspecified atom stereocenters. The van der Waals surface area contributed by atoms with Crippen LogP contribution in [-0.2, 0) is 12.8 Å². The quantitative estimate of drug-likeness (QED) is 0.916. The van der Waals surface area contributed by atoms with Crippen molar-refractivity contribution in [3.05, 3.63) is 51.7 Å². The number of aromatic nitrogens is 1. The summed E-state index contributed by atoms with van der Waals surface area (Å²) >= 11 is 5.97. The van der Waals surface area contributed by atoms with E-state index in [-0.39, 0.29) is 0 Å². The number of hydrogen-bond donors (Lipinski definition) is 1. The number of aryl methyl sites for hydroxylation is 2. The van der Waals surface area contributed by atoms with E-state index in [1.807, 2.05) is 6.07 Å². The molecule has 1 aliphatic carbocycles. The van der Waals surface area contributed by atoms with E-state index in [4.69, 9.17) is 16.9 Å². The lowest BCUT2D eigenvalue weighted by atomic mass is 10.1. The number of halogens is 1. The number of nitrogens with one attached hydrogen (secondary N) is 1. The van der Waals surface area contributed by atoms with E-state index < -0.39 is 0 Å². The maximum Gasteiger partial charge on any atom is 0.148 e. The molecule has 0 aliphatic heterocycles. The molecule has 0 atom stereocenters. The second-order valence-corrected chi connectivity index (χ2v) is 5.32. The topological polar surface area (TPSA) is 72.5 Å². The van der Waals surface area contributed by atoms with Gasteiger partial charge in [-0.2, -0.15) is 10.5 Å². The number of benzene rings is 1. The van der Waals surface area contributed by atoms with Crippen molar-refractivity contribution in [2.45, 2.75) is 19.3 Å². The first-order chi connectivity index (χ1) is 10.2. The van der Waals surface area contributed by atoms with Gasteiger partial charge in [0.2, 0.25) is 0 Å². The Morgan fingerprint density at radius 3 is 2.67 bits per heavy atom. The van der Waals surface area contributed by atoms with E-state index in [1.165, 1.54) is 0 Å². The maximum atomic E-state index is 9.29. The monoisotopic (exact) mass is 294 g/mol. The Kier molecular flexibility index (Phi) is 3.48. The summed E-state index contributed by atoms with van der Waals surface area (Å²) in [5, 5.41) is 22.0. The Labute approximate surface area is 127 Å². The van der Waals surface area contributed by atoms with Gasteiger partial charge in [0.25, 0.3) is 0 Å². The largest absolute Gasteiger partial charge is 0.338 e. The van der Waals surface area contributed by atoms with E-state index in [2.05, 4.69) is 22.4 Å². The lowest BCUT2D eigenvalue weighted by molar-refractivity contribution is 0.900. The van der Waals surface area contributed by atoms with E-state index in [0.29, 0.717) is 27.7 Å². The van der Waals surface area contributed by atoms with Gasteiger partial charge in [-0.15, -0.1) is 0 Å². The van der Waals surface area contributed by atoms with Crippen LogP contribution in [0.4, 0.5) is 11.5 Å². The number of anilines is 2. The molecule has 1 heterocycles. The van der Waals surface area contributed by atoms with E-state index in [1.54, 1.807) is 18.2 Å². The fourth-order valence-corrected chi connectivity index (χ4v) is 2.67. The summed E-state index contributed by atoms with van der Waals surface area (Å²) in [6.07, 6.45) is 2.96. The summed E-state index contributed by atoms with van der Waals surface area (Å²) in [5.74, 6) is 0.483. The average molecular weight is 295 g/mol. The van der Waals surface area contributed by atoms with Crippen LogP contribution in [0.2, 0.25) is 5.02 Å². The first-order valence-electron chi connectivity index (χ1n) is 6.61. The first kappa shape index (κ1) is 13.4. The molecule has 1 aromatic heterocycles. The van der Waals surface area contributed by atoms with Gasteiger partial charge < -0.3 is 5.32 Å². The predicted octanol–water partition coefficient (Wildman–Crippen LogP) is 3.71. The van der Waals surface area contributed by atoms with Gasteiger partial charge in [-0.05, 0) is 49.1 Å². The molecule has 21 heavy (non-hydrogen) atoms. The number of nitriles is 2. The molecule has 0 fully saturated rings. The van der Waals surface area contributed by atoms with Crippen molar-refractivity contribution < 1.29 is 0 Å². The molecule has 4 nitrogen and oxygen atoms in total. The number of fused-ring (bicyclic) bond motifs is 1. The molecule has 2 aromatic rings. The van der Waals surface area contributed by atoms with Crippen LogP contribution in [0.3, 0.4) is 0 Å². The van der Waals surface area contributed by atoms with Crippen LogP contribution in [0.1, 0.15) is 28.8 Å². The van der Waals surface area contributed by atoms with Crippen molar-refractivity contribution in [2.75, 3.05) is 5.32 Å². The number of pyridine rings is 1. The zero-order valence-electron chi connectivity index (χ0n) is 11.2. The van der Waals surface area contributed by atoms with Gasteiger partial charge in [0, 0.05) is 10.7 Å². The third kappa shape index (κ3) is 2.54. The molecule has 0 saturated carbocycles. The molecule has 3 rings (SSSR count). The fourth-order valence-electron chi connectivity index (χ4n) is 2.50. The third-order valence-electron chi connectivity index (χ3n) is 3.53. The summed E-state index contributed by atoms with van der Waals surface area (Å²) < 4.78 is 0. The van der Waals surface area contributed by atoms with Gasteiger partial charge in [-0.1, -0.05) is 11.6 Å². The van der Waals surface area contributed by atoms with Crippen molar-refractivity contribution in [1.29, 1.82) is 10.5 Å². The molecule has 0 saturated heterocycles. The van der Waals surface area contributed by atoms with Crippen molar-refractivity contribution in [2.24, 2.45) is 0 Å². The average Bonchev–Trinajstić information content (AvgIpc) is 2.94. The van der Waals surface area contributed by atoms with Crippen molar-refractivity contribution in [3.63, 3.8) is 0 Å². The highest BCUT2D eigenvalue weighted by Crippen LogP contribution is 2.29. The Morgan fingerprint density at radius 1 is 1.10 bits per heavy atom. The summed E-state index contributed by atoms with van der Waals surface area (Å²) in [5.41, 5.74) is 3.68. The summed E-state index contributed by atoms with van der Waals surface area (Å²) in [6, 6.07) is 11.1. The molecule has 0 bridgehead atoms. The highest BCUT2D eigenvalue weighted by molar-refractivity contribution is 6.30. The van der Waals surface area contributed by atoms with Crippen molar-refractivity contribution in [1.82, 2.24) is 4.98 Å². The third-order valence-corrected chi connectivity index (χ3v) is 3.76. The van der Waals surface area contributed by atoms with Crippen LogP contribution in [-0.4, -0.2) is 4.98 Å². The van der Waals surface area contributed by atoms with Crippen molar-refractivity contribution in [3.8, 4) is 12.1 Å². The molecule has 5 heteroatoms. The van der Waals surface area contributed by atoms with Crippen LogP contribution < -0.4 is 5.32 Å². The molecule has 1 N–H and O–H groups in total. The van der Waals surface area contributed by atoms with Gasteiger partial charge >= 0.3 is 0 Å². The Morgan fingerprint density at radius 2 is 1.90 bits per heavy atom. The molecule has 0 spiro atoms. The number of rotatable bonds is 2. The molecular weight excluding hydrogens is 284 g/mol. The van der Waals surface area contributed by atoms with Crippen LogP contribution >= 0.6 is 11.6 Å². The zero-order valence-corrected chi connectivity index (χ0v) is 11.9. The molecule has 0 amide bonds. The van der Waals surface area contributed by atoms with Gasteiger partial charge in [0.05, 0.1) is 16.8 Å². The summed E-state index contributed by atoms with van der Waals surface area (Å²) in [4.78, 5) is 4.54. The van der Waals surface area contributed by atoms with Crippen molar-refractivity contribution >= 4 is 23.1 Å². The van der Waals surface area contributed by atoms with E-state index in [0.717, 1.165) is 30.5 Å². The standard InChI is InChI=1S/C16H11ClN4/c17-13-5-4-11(8-18)15(7-13)21-16-12(9-19)6-10-2-1-3-14(10)20-16/h4-7H,1-3H2,(H,20,21). The maximum absolute atomic E-state index is 9.29. The second-order valence-electron chi connectivity index (χ2n) is 4.88. The predicted molar refractivity (Wildman–Crippen MR) is 80.4 cm³/mol. The summed E-state index contributed by atoms with van der Waals surface area (Å²) in [7, 11) is 0. The molecule has 0 radical (unpaired) electrons. The Bertz CT molecular complexity index is 799. The second kappa shape index (κ2) is 5.44. The first-order valence-corrected chi connectivity index (χ1v) is 6.98. The van der Waals surface area contributed by atoms with Crippen LogP contribution in [0.15, 0.2) is 24.3 Å². The SMILES string of the molecule is N#Cc1ccc(Cl)cc1Nc1nc2c(cc1C#N)CCC2. The number of hydrogen-bond acceptors (Lipinski definition) is 4. The summed E-state index contributed by atoms with van der Waals surface area (Å²) in [6.45, 7) is 0. The smallest absolute Gasteiger partial charge is 0.148 e. The lowest BCUT2D eigenvalue weighted by Crippen LogP contribution is -2.02. The Balaban J connectivity index is 2.05. The van der Waals surface area contributed by atoms with Gasteiger partial charge in [-0.25, -0.2) is 4.98 Å². The van der Waals surface area contributed by atoms with Gasteiger partial charge in [0.15, 0.2) is 0 Å². The Hall–Kier alpha value is -2.56. The molecule has 1 aliphatic rings.